The number of H-pyrrole nitrogens is 1. The summed E-state index contributed by atoms with van der Waals surface area (Å²) in [4.78, 5) is 16.1. The van der Waals surface area contributed by atoms with Crippen molar-refractivity contribution >= 4 is 6.09 Å². The molecule has 6 heteroatoms. The van der Waals surface area contributed by atoms with E-state index in [1.165, 1.54) is 28.6 Å². The number of hydrogen-bond donors (Lipinski definition) is 2. The summed E-state index contributed by atoms with van der Waals surface area (Å²) in [6, 6.07) is 16.6. The molecule has 6 nitrogen and oxygen atoms in total. The summed E-state index contributed by atoms with van der Waals surface area (Å²) in [6.07, 6.45) is 2.61. The molecule has 26 heavy (non-hydrogen) atoms. The molecule has 1 aliphatic carbocycles. The lowest BCUT2D eigenvalue weighted by Gasteiger charge is -2.14. The van der Waals surface area contributed by atoms with Gasteiger partial charge in [-0.2, -0.15) is 5.10 Å². The summed E-state index contributed by atoms with van der Waals surface area (Å²) >= 11 is 0. The highest BCUT2D eigenvalue weighted by molar-refractivity contribution is 5.79. The number of aromatic amines is 1. The fourth-order valence-corrected chi connectivity index (χ4v) is 3.45. The van der Waals surface area contributed by atoms with E-state index in [1.807, 2.05) is 24.3 Å². The van der Waals surface area contributed by atoms with Crippen LogP contribution >= 0.6 is 0 Å². The van der Waals surface area contributed by atoms with Crippen LogP contribution in [0.1, 0.15) is 29.3 Å². The monoisotopic (exact) mass is 348 g/mol. The lowest BCUT2D eigenvalue weighted by molar-refractivity contribution is 0.143. The molecule has 2 N–H and O–H groups in total. The van der Waals surface area contributed by atoms with Gasteiger partial charge in [-0.1, -0.05) is 48.5 Å². The van der Waals surface area contributed by atoms with Crippen LogP contribution in [0.4, 0.5) is 4.79 Å². The van der Waals surface area contributed by atoms with Gasteiger partial charge < -0.3 is 10.1 Å². The number of aryl methyl sites for hydroxylation is 1. The summed E-state index contributed by atoms with van der Waals surface area (Å²) in [5.74, 6) is 0.904. The number of fused-ring (bicyclic) bond motifs is 3. The molecule has 0 aliphatic heterocycles. The Balaban J connectivity index is 1.32. The molecule has 2 aromatic carbocycles. The molecule has 1 aromatic heterocycles. The van der Waals surface area contributed by atoms with Gasteiger partial charge in [-0.15, -0.1) is 0 Å². The van der Waals surface area contributed by atoms with Crippen LogP contribution in [0, 0.1) is 0 Å². The molecule has 4 rings (SSSR count). The van der Waals surface area contributed by atoms with Crippen molar-refractivity contribution in [3.63, 3.8) is 0 Å². The zero-order valence-electron chi connectivity index (χ0n) is 14.3. The summed E-state index contributed by atoms with van der Waals surface area (Å²) < 4.78 is 5.49. The van der Waals surface area contributed by atoms with E-state index < -0.39 is 0 Å². The molecule has 0 fully saturated rings. The average Bonchev–Trinajstić information content (AvgIpc) is 3.30. The van der Waals surface area contributed by atoms with Gasteiger partial charge in [0.1, 0.15) is 18.8 Å². The molecule has 0 bridgehead atoms. The number of aromatic nitrogens is 3. The third kappa shape index (κ3) is 3.31. The fraction of sp³-hybridized carbons (Fsp3) is 0.250. The van der Waals surface area contributed by atoms with Crippen LogP contribution in [-0.2, 0) is 11.2 Å². The van der Waals surface area contributed by atoms with Gasteiger partial charge in [-0.05, 0) is 28.7 Å². The third-order valence-electron chi connectivity index (χ3n) is 4.67. The Kier molecular flexibility index (Phi) is 4.64. The van der Waals surface area contributed by atoms with Gasteiger partial charge in [0.2, 0.25) is 0 Å². The van der Waals surface area contributed by atoms with E-state index in [1.54, 1.807) is 0 Å². The van der Waals surface area contributed by atoms with Gasteiger partial charge in [-0.25, -0.2) is 9.78 Å². The van der Waals surface area contributed by atoms with E-state index in [4.69, 9.17) is 4.74 Å². The number of carbonyl (C=O) groups excluding carboxylic acids is 1. The van der Waals surface area contributed by atoms with Crippen LogP contribution in [0.2, 0.25) is 0 Å². The largest absolute Gasteiger partial charge is 0.449 e. The molecule has 0 atom stereocenters. The summed E-state index contributed by atoms with van der Waals surface area (Å²) in [5, 5.41) is 9.39. The Labute approximate surface area is 151 Å². The summed E-state index contributed by atoms with van der Waals surface area (Å²) in [7, 11) is 0. The molecule has 0 saturated heterocycles. The van der Waals surface area contributed by atoms with Crippen LogP contribution in [0.5, 0.6) is 0 Å². The normalized spacial score (nSPS) is 12.5. The van der Waals surface area contributed by atoms with Gasteiger partial charge in [0.25, 0.3) is 0 Å². The maximum atomic E-state index is 12.0. The Morgan fingerprint density at radius 3 is 2.42 bits per heavy atom. The Morgan fingerprint density at radius 2 is 1.77 bits per heavy atom. The van der Waals surface area contributed by atoms with Gasteiger partial charge in [0, 0.05) is 18.9 Å². The van der Waals surface area contributed by atoms with E-state index >= 15 is 0 Å². The zero-order chi connectivity index (χ0) is 17.8. The number of hydrogen-bond acceptors (Lipinski definition) is 4. The number of alkyl carbamates (subject to hydrolysis) is 1. The van der Waals surface area contributed by atoms with E-state index in [9.17, 15) is 4.79 Å². The van der Waals surface area contributed by atoms with Crippen molar-refractivity contribution in [2.75, 3.05) is 13.2 Å². The standard InChI is InChI=1S/C20H20N4O2/c25-20(21-11-5-10-19-22-13-23-24-19)26-12-18-16-8-3-1-6-14(16)15-7-2-4-9-17(15)18/h1-4,6-9,13,18H,5,10-12H2,(H,21,25)(H,22,23,24). The zero-order valence-corrected chi connectivity index (χ0v) is 14.3. The second-order valence-electron chi connectivity index (χ2n) is 6.29. The molecular weight excluding hydrogens is 328 g/mol. The van der Waals surface area contributed by atoms with Crippen LogP contribution in [-0.4, -0.2) is 34.4 Å². The molecular formula is C20H20N4O2. The first-order valence-corrected chi connectivity index (χ1v) is 8.76. The lowest BCUT2D eigenvalue weighted by atomic mass is 9.98. The lowest BCUT2D eigenvalue weighted by Crippen LogP contribution is -2.27. The van der Waals surface area contributed by atoms with E-state index in [0.29, 0.717) is 13.2 Å². The Morgan fingerprint density at radius 1 is 1.08 bits per heavy atom. The van der Waals surface area contributed by atoms with Gasteiger partial charge in [0.05, 0.1) is 0 Å². The number of nitrogens with one attached hydrogen (secondary N) is 2. The molecule has 0 radical (unpaired) electrons. The van der Waals surface area contributed by atoms with Crippen molar-refractivity contribution in [3.8, 4) is 11.1 Å². The van der Waals surface area contributed by atoms with Crippen LogP contribution in [0.15, 0.2) is 54.9 Å². The second-order valence-corrected chi connectivity index (χ2v) is 6.29. The highest BCUT2D eigenvalue weighted by Crippen LogP contribution is 2.44. The van der Waals surface area contributed by atoms with Gasteiger partial charge in [-0.3, -0.25) is 5.10 Å². The highest BCUT2D eigenvalue weighted by atomic mass is 16.5. The van der Waals surface area contributed by atoms with Gasteiger partial charge >= 0.3 is 6.09 Å². The van der Waals surface area contributed by atoms with E-state index in [0.717, 1.165) is 18.7 Å². The quantitative estimate of drug-likeness (QED) is 0.670. The van der Waals surface area contributed by atoms with Crippen LogP contribution < -0.4 is 5.32 Å². The highest BCUT2D eigenvalue weighted by Gasteiger charge is 2.28. The minimum Gasteiger partial charge on any atom is -0.449 e. The smallest absolute Gasteiger partial charge is 0.407 e. The minimum atomic E-state index is -0.385. The van der Waals surface area contributed by atoms with Crippen molar-refractivity contribution in [3.05, 3.63) is 71.8 Å². The maximum Gasteiger partial charge on any atom is 0.407 e. The molecule has 0 saturated carbocycles. The van der Waals surface area contributed by atoms with Crippen molar-refractivity contribution in [2.24, 2.45) is 0 Å². The van der Waals surface area contributed by atoms with Crippen molar-refractivity contribution < 1.29 is 9.53 Å². The summed E-state index contributed by atoms with van der Waals surface area (Å²) in [5.41, 5.74) is 4.88. The number of benzene rings is 2. The number of ether oxygens (including phenoxy) is 1. The SMILES string of the molecule is O=C(NCCCc1ncn[nH]1)OCC1c2ccccc2-c2ccccc21. The van der Waals surface area contributed by atoms with Crippen LogP contribution in [0.3, 0.4) is 0 Å². The third-order valence-corrected chi connectivity index (χ3v) is 4.67. The Bertz CT molecular complexity index is 847. The van der Waals surface area contributed by atoms with Crippen molar-refractivity contribution in [2.45, 2.75) is 18.8 Å². The topological polar surface area (TPSA) is 79.9 Å². The van der Waals surface area contributed by atoms with E-state index in [2.05, 4.69) is 44.8 Å². The minimum absolute atomic E-state index is 0.0855. The van der Waals surface area contributed by atoms with Crippen molar-refractivity contribution in [1.29, 1.82) is 0 Å². The predicted octanol–water partition coefficient (Wildman–Crippen LogP) is 3.28. The predicted molar refractivity (Wildman–Crippen MR) is 97.8 cm³/mol. The molecule has 132 valence electrons. The number of amides is 1. The molecule has 1 amide bonds. The van der Waals surface area contributed by atoms with E-state index in [-0.39, 0.29) is 12.0 Å². The van der Waals surface area contributed by atoms with Gasteiger partial charge in [0.15, 0.2) is 0 Å². The summed E-state index contributed by atoms with van der Waals surface area (Å²) in [6.45, 7) is 0.874. The average molecular weight is 348 g/mol. The molecule has 0 spiro atoms. The van der Waals surface area contributed by atoms with Crippen molar-refractivity contribution in [1.82, 2.24) is 20.5 Å². The first-order valence-electron chi connectivity index (χ1n) is 8.76. The molecule has 3 aromatic rings. The number of nitrogens with zero attached hydrogens (tertiary/aromatic N) is 2. The maximum absolute atomic E-state index is 12.0. The molecule has 1 heterocycles. The molecule has 0 unspecified atom stereocenters. The number of carbonyl (C=O) groups is 1. The fourth-order valence-electron chi connectivity index (χ4n) is 3.45. The Hall–Kier alpha value is -3.15. The first kappa shape index (κ1) is 16.3. The first-order chi connectivity index (χ1) is 12.8. The van der Waals surface area contributed by atoms with Crippen LogP contribution in [0.25, 0.3) is 11.1 Å². The molecule has 1 aliphatic rings. The number of rotatable bonds is 6. The second kappa shape index (κ2) is 7.39.